The van der Waals surface area contributed by atoms with E-state index in [1.807, 2.05) is 18.5 Å². The Morgan fingerprint density at radius 3 is 2.71 bits per heavy atom. The number of anilines is 1. The van der Waals surface area contributed by atoms with E-state index in [0.717, 1.165) is 42.9 Å². The zero-order chi connectivity index (χ0) is 14.4. The Morgan fingerprint density at radius 1 is 1.24 bits per heavy atom. The van der Waals surface area contributed by atoms with Crippen molar-refractivity contribution in [3.8, 4) is 0 Å². The number of nitrogens with zero attached hydrogens (tertiary/aromatic N) is 5. The van der Waals surface area contributed by atoms with Crippen LogP contribution in [0.3, 0.4) is 0 Å². The van der Waals surface area contributed by atoms with Gasteiger partial charge in [-0.05, 0) is 34.8 Å². The van der Waals surface area contributed by atoms with E-state index < -0.39 is 0 Å². The van der Waals surface area contributed by atoms with Crippen LogP contribution in [0.5, 0.6) is 0 Å². The monoisotopic (exact) mass is 348 g/mol. The second kappa shape index (κ2) is 4.78. The van der Waals surface area contributed by atoms with Gasteiger partial charge in [0.1, 0.15) is 10.4 Å². The maximum Gasteiger partial charge on any atom is 0.147 e. The van der Waals surface area contributed by atoms with Crippen LogP contribution in [-0.4, -0.2) is 32.8 Å². The molecular formula is C14H17BrN6. The Kier molecular flexibility index (Phi) is 3.00. The zero-order valence-electron chi connectivity index (χ0n) is 11.6. The maximum absolute atomic E-state index is 6.49. The van der Waals surface area contributed by atoms with Crippen molar-refractivity contribution in [1.29, 1.82) is 0 Å². The molecule has 1 fully saturated rings. The van der Waals surface area contributed by atoms with Crippen molar-refractivity contribution in [2.75, 3.05) is 18.0 Å². The maximum atomic E-state index is 6.49. The van der Waals surface area contributed by atoms with E-state index in [1.165, 1.54) is 5.69 Å². The van der Waals surface area contributed by atoms with Crippen molar-refractivity contribution in [1.82, 2.24) is 19.7 Å². The number of hydrogen-bond donors (Lipinski definition) is 1. The van der Waals surface area contributed by atoms with Crippen LogP contribution in [0.4, 0.5) is 5.82 Å². The van der Waals surface area contributed by atoms with Gasteiger partial charge in [0.25, 0.3) is 0 Å². The quantitative estimate of drug-likeness (QED) is 0.849. The molecule has 0 aromatic carbocycles. The number of aromatic nitrogens is 4. The fraction of sp³-hybridized carbons (Fsp3) is 0.500. The highest BCUT2D eigenvalue weighted by atomic mass is 79.9. The fourth-order valence-electron chi connectivity index (χ4n) is 3.57. The van der Waals surface area contributed by atoms with Crippen LogP contribution in [0.2, 0.25) is 0 Å². The van der Waals surface area contributed by atoms with Gasteiger partial charge in [-0.15, -0.1) is 0 Å². The summed E-state index contributed by atoms with van der Waals surface area (Å²) in [4.78, 5) is 11.0. The van der Waals surface area contributed by atoms with E-state index >= 15 is 0 Å². The van der Waals surface area contributed by atoms with Gasteiger partial charge in [0.2, 0.25) is 0 Å². The lowest BCUT2D eigenvalue weighted by molar-refractivity contribution is 0.170. The van der Waals surface area contributed by atoms with Crippen LogP contribution < -0.4 is 10.6 Å². The normalized spacial score (nSPS) is 23.5. The van der Waals surface area contributed by atoms with Gasteiger partial charge >= 0.3 is 0 Å². The lowest BCUT2D eigenvalue weighted by atomic mass is 9.73. The molecule has 2 N–H and O–H groups in total. The first-order chi connectivity index (χ1) is 10.2. The van der Waals surface area contributed by atoms with Crippen LogP contribution >= 0.6 is 15.9 Å². The molecule has 21 heavy (non-hydrogen) atoms. The molecule has 1 saturated heterocycles. The minimum absolute atomic E-state index is 0.0955. The number of hydrogen-bond acceptors (Lipinski definition) is 5. The highest BCUT2D eigenvalue weighted by molar-refractivity contribution is 9.10. The average Bonchev–Trinajstić information content (AvgIpc) is 3.04. The Morgan fingerprint density at radius 2 is 2.05 bits per heavy atom. The molecule has 4 rings (SSSR count). The van der Waals surface area contributed by atoms with Crippen molar-refractivity contribution in [3.63, 3.8) is 0 Å². The van der Waals surface area contributed by atoms with Crippen LogP contribution in [0, 0.1) is 5.41 Å². The lowest BCUT2D eigenvalue weighted by Gasteiger charge is -2.41. The van der Waals surface area contributed by atoms with Gasteiger partial charge in [-0.2, -0.15) is 5.10 Å². The minimum Gasteiger partial charge on any atom is -0.355 e. The molecule has 2 aliphatic rings. The van der Waals surface area contributed by atoms with Gasteiger partial charge in [0.15, 0.2) is 0 Å². The molecule has 0 amide bonds. The van der Waals surface area contributed by atoms with Gasteiger partial charge in [0.05, 0.1) is 24.1 Å². The van der Waals surface area contributed by atoms with Gasteiger partial charge in [-0.3, -0.25) is 4.68 Å². The molecule has 6 nitrogen and oxygen atoms in total. The molecule has 0 saturated carbocycles. The second-order valence-corrected chi connectivity index (χ2v) is 6.75. The summed E-state index contributed by atoms with van der Waals surface area (Å²) in [5, 5.41) is 4.38. The summed E-state index contributed by atoms with van der Waals surface area (Å²) >= 11 is 3.32. The third kappa shape index (κ3) is 2.06. The Balaban J connectivity index is 1.50. The molecule has 2 aromatic rings. The third-order valence-electron chi connectivity index (χ3n) is 4.88. The van der Waals surface area contributed by atoms with Crippen LogP contribution in [0.1, 0.15) is 24.6 Å². The first-order valence-corrected chi connectivity index (χ1v) is 7.97. The van der Waals surface area contributed by atoms with Gasteiger partial charge < -0.3 is 10.6 Å². The van der Waals surface area contributed by atoms with E-state index in [2.05, 4.69) is 40.6 Å². The first kappa shape index (κ1) is 13.2. The van der Waals surface area contributed by atoms with Crippen molar-refractivity contribution in [2.24, 2.45) is 11.1 Å². The number of piperidine rings is 1. The Bertz CT molecular complexity index is 644. The van der Waals surface area contributed by atoms with E-state index in [0.29, 0.717) is 0 Å². The molecule has 0 radical (unpaired) electrons. The molecule has 4 heterocycles. The molecular weight excluding hydrogens is 332 g/mol. The number of rotatable bonds is 1. The molecule has 0 aliphatic carbocycles. The standard InChI is InChI=1S/C14H17BrN6/c15-11-7-18-12(8-17-11)20-5-2-14(3-6-20)9-21-10(13(14)16)1-4-19-21/h1,4,7-8,13H,2-3,5-6,9,16H2/t13-/m1/s1. The smallest absolute Gasteiger partial charge is 0.147 e. The Labute approximate surface area is 131 Å². The molecule has 1 atom stereocenters. The molecule has 1 spiro atoms. The van der Waals surface area contributed by atoms with E-state index in [1.54, 1.807) is 6.20 Å². The molecule has 7 heteroatoms. The zero-order valence-corrected chi connectivity index (χ0v) is 13.2. The summed E-state index contributed by atoms with van der Waals surface area (Å²) in [6.07, 6.45) is 7.54. The largest absolute Gasteiger partial charge is 0.355 e. The number of fused-ring (bicyclic) bond motifs is 1. The highest BCUT2D eigenvalue weighted by Gasteiger charge is 2.46. The van der Waals surface area contributed by atoms with Crippen LogP contribution in [-0.2, 0) is 6.54 Å². The SMILES string of the molecule is N[C@@H]1c2ccnn2CC12CCN(c1cnc(Br)cn1)CC2. The van der Waals surface area contributed by atoms with Gasteiger partial charge in [-0.1, -0.05) is 0 Å². The number of halogens is 1. The molecule has 0 bridgehead atoms. The predicted octanol–water partition coefficient (Wildman–Crippen LogP) is 1.74. The minimum atomic E-state index is 0.0955. The molecule has 2 aromatic heterocycles. The first-order valence-electron chi connectivity index (χ1n) is 7.18. The number of nitrogens with two attached hydrogens (primary N) is 1. The fourth-order valence-corrected chi connectivity index (χ4v) is 3.77. The highest BCUT2D eigenvalue weighted by Crippen LogP contribution is 2.47. The summed E-state index contributed by atoms with van der Waals surface area (Å²) < 4.78 is 2.84. The van der Waals surface area contributed by atoms with Crippen LogP contribution in [0.25, 0.3) is 0 Å². The predicted molar refractivity (Wildman–Crippen MR) is 82.8 cm³/mol. The Hall–Kier alpha value is -1.47. The summed E-state index contributed by atoms with van der Waals surface area (Å²) in [5.41, 5.74) is 7.82. The summed E-state index contributed by atoms with van der Waals surface area (Å²) in [5.74, 6) is 0.942. The summed E-state index contributed by atoms with van der Waals surface area (Å²) in [6.45, 7) is 2.88. The molecule has 110 valence electrons. The van der Waals surface area contributed by atoms with E-state index in [4.69, 9.17) is 5.73 Å². The van der Waals surface area contributed by atoms with E-state index in [9.17, 15) is 0 Å². The second-order valence-electron chi connectivity index (χ2n) is 5.94. The van der Waals surface area contributed by atoms with Gasteiger partial charge in [-0.25, -0.2) is 9.97 Å². The lowest BCUT2D eigenvalue weighted by Crippen LogP contribution is -2.45. The van der Waals surface area contributed by atoms with Crippen molar-refractivity contribution in [3.05, 3.63) is 35.0 Å². The third-order valence-corrected chi connectivity index (χ3v) is 5.29. The molecule has 2 aliphatic heterocycles. The van der Waals surface area contributed by atoms with Crippen molar-refractivity contribution in [2.45, 2.75) is 25.4 Å². The molecule has 0 unspecified atom stereocenters. The summed E-state index contributed by atoms with van der Waals surface area (Å²) in [7, 11) is 0. The van der Waals surface area contributed by atoms with E-state index in [-0.39, 0.29) is 11.5 Å². The van der Waals surface area contributed by atoms with Crippen LogP contribution in [0.15, 0.2) is 29.3 Å². The average molecular weight is 349 g/mol. The van der Waals surface area contributed by atoms with Crippen molar-refractivity contribution < 1.29 is 0 Å². The van der Waals surface area contributed by atoms with Crippen molar-refractivity contribution >= 4 is 21.7 Å². The summed E-state index contributed by atoms with van der Waals surface area (Å²) in [6, 6.07) is 2.14. The topological polar surface area (TPSA) is 72.9 Å². The van der Waals surface area contributed by atoms with Gasteiger partial charge in [0, 0.05) is 31.2 Å².